The third-order valence-corrected chi connectivity index (χ3v) is 2.63. The number of nitrogens with zero attached hydrogens (tertiary/aromatic N) is 2. The Balaban J connectivity index is -0.000000277. The summed E-state index contributed by atoms with van der Waals surface area (Å²) in [6, 6.07) is 0. The Labute approximate surface area is 163 Å². The second kappa shape index (κ2) is 14.0. The summed E-state index contributed by atoms with van der Waals surface area (Å²) >= 11 is 0. The first-order chi connectivity index (χ1) is 7.95. The van der Waals surface area contributed by atoms with Crippen molar-refractivity contribution in [1.82, 2.24) is 4.90 Å². The van der Waals surface area contributed by atoms with Crippen molar-refractivity contribution in [2.24, 2.45) is 0 Å². The van der Waals surface area contributed by atoms with Crippen LogP contribution in [0.5, 0.6) is 0 Å². The smallest absolute Gasteiger partial charge is 0.450 e. The van der Waals surface area contributed by atoms with Crippen molar-refractivity contribution in [3.63, 3.8) is 0 Å². The van der Waals surface area contributed by atoms with Crippen molar-refractivity contribution in [3.05, 3.63) is 41.3 Å². The standard InChI is InChI=1S/C9H13N2.C4H10.C2H6.Rb/c1-6-7(2)10-9(4)11(5)8(6)3;1-3-4-2;1-2;/h2,4H2,1,3,5H3;3-4H2,1-2H3;1-2H3;/q-1;;;+1. The normalized spacial score (nSPS) is 13.6. The van der Waals surface area contributed by atoms with Gasteiger partial charge >= 0.3 is 58.2 Å². The molecule has 0 bridgehead atoms. The fraction of sp³-hybridized carbons (Fsp3) is 0.600. The average Bonchev–Trinajstić information content (AvgIpc) is 2.36. The molecule has 0 radical (unpaired) electrons. The van der Waals surface area contributed by atoms with Gasteiger partial charge in [0.2, 0.25) is 0 Å². The van der Waals surface area contributed by atoms with Crippen LogP contribution in [0.15, 0.2) is 35.9 Å². The summed E-state index contributed by atoms with van der Waals surface area (Å²) in [5, 5.41) is 4.17. The minimum absolute atomic E-state index is 0. The molecule has 1 heterocycles. The predicted octanol–water partition coefficient (Wildman–Crippen LogP) is 2.42. The Hall–Kier alpha value is 0.625. The molecule has 1 aliphatic heterocycles. The van der Waals surface area contributed by atoms with E-state index in [0.29, 0.717) is 0 Å². The quantitative estimate of drug-likeness (QED) is 0.725. The van der Waals surface area contributed by atoms with Crippen LogP contribution in [-0.2, 0) is 0 Å². The molecule has 0 saturated carbocycles. The zero-order chi connectivity index (χ0) is 14.0. The SMILES string of the molecule is C=C1[N-]C(=C)N(C)C(C)=C1C.CC.CCCC.[Rb+]. The van der Waals surface area contributed by atoms with Crippen LogP contribution < -0.4 is 58.2 Å². The fourth-order valence-electron chi connectivity index (χ4n) is 0.969. The van der Waals surface area contributed by atoms with E-state index in [1.54, 1.807) is 0 Å². The van der Waals surface area contributed by atoms with E-state index >= 15 is 0 Å². The second-order valence-corrected chi connectivity index (χ2v) is 3.74. The van der Waals surface area contributed by atoms with Crippen molar-refractivity contribution < 1.29 is 58.2 Å². The Morgan fingerprint density at radius 3 is 1.78 bits per heavy atom. The molecular formula is C15H29N2Rb. The Morgan fingerprint density at radius 2 is 1.44 bits per heavy atom. The van der Waals surface area contributed by atoms with Gasteiger partial charge in [-0.25, -0.2) is 0 Å². The monoisotopic (exact) mass is 322 g/mol. The Morgan fingerprint density at radius 1 is 1.06 bits per heavy atom. The third-order valence-electron chi connectivity index (χ3n) is 2.63. The molecule has 0 fully saturated rings. The summed E-state index contributed by atoms with van der Waals surface area (Å²) in [4.78, 5) is 1.96. The summed E-state index contributed by atoms with van der Waals surface area (Å²) < 4.78 is 0. The molecule has 0 N–H and O–H groups in total. The van der Waals surface area contributed by atoms with Gasteiger partial charge in [-0.15, -0.1) is 0 Å². The van der Waals surface area contributed by atoms with Crippen molar-refractivity contribution in [2.45, 2.75) is 54.4 Å². The average molecular weight is 323 g/mol. The molecular weight excluding hydrogens is 294 g/mol. The molecule has 0 atom stereocenters. The van der Waals surface area contributed by atoms with Gasteiger partial charge in [-0.3, -0.25) is 0 Å². The van der Waals surface area contributed by atoms with Gasteiger partial charge < -0.3 is 10.2 Å². The first-order valence-corrected chi connectivity index (χ1v) is 6.46. The van der Waals surface area contributed by atoms with Gasteiger partial charge in [-0.05, 0) is 25.1 Å². The zero-order valence-corrected chi connectivity index (χ0v) is 18.6. The molecule has 2 nitrogen and oxygen atoms in total. The molecule has 18 heavy (non-hydrogen) atoms. The molecule has 0 aromatic heterocycles. The molecule has 1 aliphatic rings. The summed E-state index contributed by atoms with van der Waals surface area (Å²) in [7, 11) is 1.96. The van der Waals surface area contributed by atoms with E-state index in [0.717, 1.165) is 17.1 Å². The van der Waals surface area contributed by atoms with Gasteiger partial charge in [0.1, 0.15) is 0 Å². The van der Waals surface area contributed by atoms with E-state index in [2.05, 4.69) is 32.3 Å². The molecule has 0 unspecified atom stereocenters. The maximum Gasteiger partial charge on any atom is 1.00 e. The van der Waals surface area contributed by atoms with E-state index in [1.165, 1.54) is 18.5 Å². The van der Waals surface area contributed by atoms with Crippen molar-refractivity contribution in [2.75, 3.05) is 7.05 Å². The molecule has 1 rings (SSSR count). The van der Waals surface area contributed by atoms with Crippen LogP contribution in [0.2, 0.25) is 0 Å². The number of rotatable bonds is 1. The van der Waals surface area contributed by atoms with Crippen molar-refractivity contribution in [1.29, 1.82) is 0 Å². The fourth-order valence-corrected chi connectivity index (χ4v) is 0.969. The van der Waals surface area contributed by atoms with Crippen LogP contribution in [0, 0.1) is 0 Å². The van der Waals surface area contributed by atoms with Gasteiger partial charge in [-0.2, -0.15) is 0 Å². The molecule has 0 saturated heterocycles. The molecule has 100 valence electrons. The number of hydrogen-bond donors (Lipinski definition) is 0. The largest absolute Gasteiger partial charge is 1.00 e. The van der Waals surface area contributed by atoms with E-state index in [4.69, 9.17) is 0 Å². The maximum absolute atomic E-state index is 4.17. The minimum atomic E-state index is 0. The van der Waals surface area contributed by atoms with E-state index in [1.807, 2.05) is 39.6 Å². The number of hydrogen-bond acceptors (Lipinski definition) is 1. The first kappa shape index (κ1) is 23.7. The molecule has 0 aromatic carbocycles. The summed E-state index contributed by atoms with van der Waals surface area (Å²) in [6.07, 6.45) is 2.64. The van der Waals surface area contributed by atoms with Gasteiger partial charge in [0.15, 0.2) is 0 Å². The topological polar surface area (TPSA) is 17.3 Å². The van der Waals surface area contributed by atoms with Gasteiger partial charge in [0, 0.05) is 0 Å². The zero-order valence-electron chi connectivity index (χ0n) is 13.7. The second-order valence-electron chi connectivity index (χ2n) is 3.74. The summed E-state index contributed by atoms with van der Waals surface area (Å²) in [5.74, 6) is 0.762. The van der Waals surface area contributed by atoms with E-state index in [9.17, 15) is 0 Å². The van der Waals surface area contributed by atoms with Gasteiger partial charge in [0.25, 0.3) is 0 Å². The van der Waals surface area contributed by atoms with Crippen molar-refractivity contribution in [3.8, 4) is 0 Å². The van der Waals surface area contributed by atoms with Crippen molar-refractivity contribution >= 4 is 0 Å². The van der Waals surface area contributed by atoms with E-state index < -0.39 is 0 Å². The number of unbranched alkanes of at least 4 members (excludes halogenated alkanes) is 1. The van der Waals surface area contributed by atoms with Crippen LogP contribution >= 0.6 is 0 Å². The maximum atomic E-state index is 4.17. The number of allylic oxidation sites excluding steroid dienone is 2. The summed E-state index contributed by atoms with van der Waals surface area (Å²) in [5.41, 5.74) is 3.14. The molecule has 0 aromatic rings. The Bertz CT molecular complexity index is 278. The van der Waals surface area contributed by atoms with Crippen LogP contribution in [0.4, 0.5) is 0 Å². The van der Waals surface area contributed by atoms with Crippen LogP contribution in [0.25, 0.3) is 5.32 Å². The molecule has 0 spiro atoms. The minimum Gasteiger partial charge on any atom is -0.450 e. The van der Waals surface area contributed by atoms with Crippen LogP contribution in [0.1, 0.15) is 54.4 Å². The van der Waals surface area contributed by atoms with E-state index in [-0.39, 0.29) is 58.2 Å². The summed E-state index contributed by atoms with van der Waals surface area (Å²) in [6.45, 7) is 20.0. The third kappa shape index (κ3) is 8.68. The molecule has 0 aliphatic carbocycles. The van der Waals surface area contributed by atoms with Crippen LogP contribution in [-0.4, -0.2) is 11.9 Å². The predicted molar refractivity (Wildman–Crippen MR) is 79.7 cm³/mol. The molecule has 0 amide bonds. The first-order valence-electron chi connectivity index (χ1n) is 6.46. The van der Waals surface area contributed by atoms with Gasteiger partial charge in [-0.1, -0.05) is 72.3 Å². The molecule has 3 heteroatoms. The van der Waals surface area contributed by atoms with Gasteiger partial charge in [0.05, 0.1) is 0 Å². The Kier molecular flexibility index (Phi) is 18.5. The van der Waals surface area contributed by atoms with Crippen LogP contribution in [0.3, 0.4) is 0 Å².